The van der Waals surface area contributed by atoms with E-state index in [1.165, 1.54) is 62.5 Å². The Morgan fingerprint density at radius 2 is 1.60 bits per heavy atom. The van der Waals surface area contributed by atoms with Gasteiger partial charge in [0, 0.05) is 6.54 Å². The van der Waals surface area contributed by atoms with Gasteiger partial charge in [-0.15, -0.1) is 0 Å². The lowest BCUT2D eigenvalue weighted by Gasteiger charge is -2.37. The highest BCUT2D eigenvalue weighted by molar-refractivity contribution is 5.38. The molecule has 1 aliphatic rings. The smallest absolute Gasteiger partial charge is 0.0607 e. The van der Waals surface area contributed by atoms with E-state index in [0.717, 1.165) is 6.54 Å². The van der Waals surface area contributed by atoms with Gasteiger partial charge in [-0.2, -0.15) is 0 Å². The molecule has 0 spiro atoms. The number of hydrogen-bond donors (Lipinski definition) is 1. The van der Waals surface area contributed by atoms with Gasteiger partial charge in [-0.05, 0) is 24.0 Å². The van der Waals surface area contributed by atoms with Crippen LogP contribution in [-0.2, 0) is 12.1 Å². The van der Waals surface area contributed by atoms with Crippen molar-refractivity contribution < 1.29 is 0 Å². The Bertz CT molecular complexity index is 404. The maximum atomic E-state index is 6.46. The summed E-state index contributed by atoms with van der Waals surface area (Å²) in [6.07, 6.45) is 10.1. The van der Waals surface area contributed by atoms with Crippen molar-refractivity contribution in [2.75, 3.05) is 0 Å². The van der Waals surface area contributed by atoms with Gasteiger partial charge in [-0.25, -0.2) is 5.01 Å². The van der Waals surface area contributed by atoms with E-state index in [0.29, 0.717) is 0 Å². The monoisotopic (exact) mass is 274 g/mol. The zero-order valence-corrected chi connectivity index (χ0v) is 13.2. The molecule has 2 heteroatoms. The van der Waals surface area contributed by atoms with Gasteiger partial charge in [-0.1, -0.05) is 76.6 Å². The van der Waals surface area contributed by atoms with Crippen LogP contribution in [0.15, 0.2) is 24.3 Å². The van der Waals surface area contributed by atoms with Gasteiger partial charge in [0.25, 0.3) is 0 Å². The molecular weight excluding hydrogens is 244 g/mol. The maximum absolute atomic E-state index is 6.46. The summed E-state index contributed by atoms with van der Waals surface area (Å²) in [5.41, 5.74) is 3.03. The molecule has 0 aromatic heterocycles. The maximum Gasteiger partial charge on any atom is 0.0607 e. The second kappa shape index (κ2) is 7.24. The third kappa shape index (κ3) is 3.07. The van der Waals surface area contributed by atoms with Crippen LogP contribution in [0.25, 0.3) is 0 Å². The van der Waals surface area contributed by atoms with Crippen LogP contribution in [0.2, 0.25) is 0 Å². The molecule has 112 valence electrons. The van der Waals surface area contributed by atoms with Crippen LogP contribution in [0.5, 0.6) is 0 Å². The fraction of sp³-hybridized carbons (Fsp3) is 0.667. The Morgan fingerprint density at radius 1 is 1.00 bits per heavy atom. The van der Waals surface area contributed by atoms with Crippen LogP contribution in [0, 0.1) is 0 Å². The number of benzene rings is 1. The van der Waals surface area contributed by atoms with Crippen LogP contribution in [0.3, 0.4) is 0 Å². The highest BCUT2D eigenvalue weighted by Crippen LogP contribution is 2.44. The van der Waals surface area contributed by atoms with Crippen LogP contribution >= 0.6 is 0 Å². The van der Waals surface area contributed by atoms with E-state index >= 15 is 0 Å². The lowest BCUT2D eigenvalue weighted by molar-refractivity contribution is 0.0765. The summed E-state index contributed by atoms with van der Waals surface area (Å²) in [6, 6.07) is 8.86. The molecule has 0 radical (unpaired) electrons. The van der Waals surface area contributed by atoms with E-state index in [2.05, 4.69) is 43.1 Å². The van der Waals surface area contributed by atoms with Gasteiger partial charge in [0.2, 0.25) is 0 Å². The quantitative estimate of drug-likeness (QED) is 0.548. The first kappa shape index (κ1) is 15.5. The second-order valence-corrected chi connectivity index (χ2v) is 6.23. The predicted octanol–water partition coefficient (Wildman–Crippen LogP) is 4.73. The Balaban J connectivity index is 2.20. The van der Waals surface area contributed by atoms with Gasteiger partial charge in [0.05, 0.1) is 5.54 Å². The minimum atomic E-state index is 0.0981. The van der Waals surface area contributed by atoms with Crippen molar-refractivity contribution in [3.05, 3.63) is 35.4 Å². The molecule has 1 aromatic carbocycles. The van der Waals surface area contributed by atoms with Crippen LogP contribution < -0.4 is 5.84 Å². The van der Waals surface area contributed by atoms with Gasteiger partial charge in [-0.3, -0.25) is 5.84 Å². The molecule has 0 saturated heterocycles. The van der Waals surface area contributed by atoms with E-state index in [1.807, 2.05) is 0 Å². The van der Waals surface area contributed by atoms with E-state index in [-0.39, 0.29) is 5.54 Å². The van der Waals surface area contributed by atoms with E-state index < -0.39 is 0 Å². The van der Waals surface area contributed by atoms with Crippen molar-refractivity contribution in [1.29, 1.82) is 0 Å². The fourth-order valence-corrected chi connectivity index (χ4v) is 3.62. The number of hydrazine groups is 1. The molecule has 0 fully saturated rings. The lowest BCUT2D eigenvalue weighted by atomic mass is 9.81. The first-order chi connectivity index (χ1) is 9.74. The van der Waals surface area contributed by atoms with Crippen LogP contribution in [0.1, 0.15) is 76.3 Å². The summed E-state index contributed by atoms with van der Waals surface area (Å²) in [5.74, 6) is 6.46. The highest BCUT2D eigenvalue weighted by atomic mass is 15.5. The Morgan fingerprint density at radius 3 is 2.20 bits per heavy atom. The van der Waals surface area contributed by atoms with Crippen molar-refractivity contribution >= 4 is 0 Å². The van der Waals surface area contributed by atoms with Crippen LogP contribution in [0.4, 0.5) is 0 Å². The lowest BCUT2D eigenvalue weighted by Crippen LogP contribution is -2.45. The Kier molecular flexibility index (Phi) is 5.62. The topological polar surface area (TPSA) is 29.3 Å². The standard InChI is InChI=1S/C18H30N2/c1-3-5-9-13-18(14-10-6-4-2)17-12-8-7-11-16(17)15-20(18)19/h7-8,11-12H,3-6,9-10,13-15,19H2,1-2H3. The molecule has 0 atom stereocenters. The molecule has 2 N–H and O–H groups in total. The molecule has 0 aliphatic carbocycles. The minimum absolute atomic E-state index is 0.0981. The number of hydrogen-bond acceptors (Lipinski definition) is 2. The fourth-order valence-electron chi connectivity index (χ4n) is 3.62. The molecule has 0 amide bonds. The Hall–Kier alpha value is -0.860. The summed E-state index contributed by atoms with van der Waals surface area (Å²) in [7, 11) is 0. The van der Waals surface area contributed by atoms with Gasteiger partial charge in [0.15, 0.2) is 0 Å². The normalized spacial score (nSPS) is 17.4. The molecule has 0 saturated carbocycles. The summed E-state index contributed by atoms with van der Waals surface area (Å²) in [4.78, 5) is 0. The third-order valence-corrected chi connectivity index (χ3v) is 4.80. The Labute approximate surface area is 124 Å². The first-order valence-electron chi connectivity index (χ1n) is 8.35. The average Bonchev–Trinajstić information content (AvgIpc) is 2.73. The molecule has 0 bridgehead atoms. The molecule has 1 aromatic rings. The molecule has 2 rings (SSSR count). The predicted molar refractivity (Wildman–Crippen MR) is 86.1 cm³/mol. The van der Waals surface area contributed by atoms with Crippen molar-refractivity contribution in [2.45, 2.75) is 77.3 Å². The second-order valence-electron chi connectivity index (χ2n) is 6.23. The van der Waals surface area contributed by atoms with E-state index in [1.54, 1.807) is 0 Å². The van der Waals surface area contributed by atoms with Gasteiger partial charge >= 0.3 is 0 Å². The first-order valence-corrected chi connectivity index (χ1v) is 8.35. The largest absolute Gasteiger partial charge is 0.268 e. The zero-order chi connectivity index (χ0) is 14.4. The molecule has 0 unspecified atom stereocenters. The third-order valence-electron chi connectivity index (χ3n) is 4.80. The number of nitrogens with zero attached hydrogens (tertiary/aromatic N) is 1. The molecule has 2 nitrogen and oxygen atoms in total. The van der Waals surface area contributed by atoms with Crippen molar-refractivity contribution in [2.24, 2.45) is 5.84 Å². The zero-order valence-electron chi connectivity index (χ0n) is 13.2. The number of unbranched alkanes of at least 4 members (excludes halogenated alkanes) is 4. The van der Waals surface area contributed by atoms with Crippen molar-refractivity contribution in [3.63, 3.8) is 0 Å². The van der Waals surface area contributed by atoms with Crippen molar-refractivity contribution in [3.8, 4) is 0 Å². The highest BCUT2D eigenvalue weighted by Gasteiger charge is 2.42. The molecular formula is C18H30N2. The molecule has 20 heavy (non-hydrogen) atoms. The van der Waals surface area contributed by atoms with Gasteiger partial charge in [0.1, 0.15) is 0 Å². The van der Waals surface area contributed by atoms with E-state index in [4.69, 9.17) is 5.84 Å². The average molecular weight is 274 g/mol. The summed E-state index contributed by atoms with van der Waals surface area (Å²) < 4.78 is 0. The van der Waals surface area contributed by atoms with Crippen molar-refractivity contribution in [1.82, 2.24) is 5.01 Å². The number of rotatable bonds is 8. The molecule has 1 aliphatic heterocycles. The SMILES string of the molecule is CCCCCC1(CCCCC)c2ccccc2CN1N. The minimum Gasteiger partial charge on any atom is -0.268 e. The van der Waals surface area contributed by atoms with Crippen LogP contribution in [-0.4, -0.2) is 5.01 Å². The molecule has 1 heterocycles. The number of nitrogens with two attached hydrogens (primary N) is 1. The summed E-state index contributed by atoms with van der Waals surface area (Å²) in [6.45, 7) is 5.45. The van der Waals surface area contributed by atoms with E-state index in [9.17, 15) is 0 Å². The summed E-state index contributed by atoms with van der Waals surface area (Å²) >= 11 is 0. The summed E-state index contributed by atoms with van der Waals surface area (Å²) in [5, 5.41) is 2.13. The van der Waals surface area contributed by atoms with Gasteiger partial charge < -0.3 is 0 Å². The number of fused-ring (bicyclic) bond motifs is 1.